The third-order valence-corrected chi connectivity index (χ3v) is 16.2. The van der Waals surface area contributed by atoms with Crippen LogP contribution in [0.5, 0.6) is 0 Å². The fourth-order valence-corrected chi connectivity index (χ4v) is 13.4. The van der Waals surface area contributed by atoms with E-state index in [9.17, 15) is 0 Å². The molecule has 0 saturated carbocycles. The van der Waals surface area contributed by atoms with Crippen molar-refractivity contribution in [2.75, 3.05) is 0 Å². The van der Waals surface area contributed by atoms with Crippen LogP contribution in [0.25, 0.3) is 127 Å². The van der Waals surface area contributed by atoms with Crippen LogP contribution in [-0.4, -0.2) is 0 Å². The molecule has 2 unspecified atom stereocenters. The average molecular weight is 833 g/mol. The van der Waals surface area contributed by atoms with Gasteiger partial charge < -0.3 is 0 Å². The summed E-state index contributed by atoms with van der Waals surface area (Å²) in [6.07, 6.45) is 23.4. The number of hydrogen-bond donors (Lipinski definition) is 0. The second-order valence-electron chi connectivity index (χ2n) is 19.3. The first-order valence-corrected chi connectivity index (χ1v) is 23.7. The highest BCUT2D eigenvalue weighted by Gasteiger charge is 2.40. The smallest absolute Gasteiger partial charge is 0.0199 e. The molecule has 4 bridgehead atoms. The van der Waals surface area contributed by atoms with E-state index < -0.39 is 0 Å². The van der Waals surface area contributed by atoms with Crippen LogP contribution in [0.4, 0.5) is 0 Å². The topological polar surface area (TPSA) is 0 Å². The highest BCUT2D eigenvalue weighted by molar-refractivity contribution is 6.34. The number of allylic oxidation sites excluding steroid dienone is 12. The van der Waals surface area contributed by atoms with Crippen LogP contribution < -0.4 is 5.22 Å². The first kappa shape index (κ1) is 35.3. The summed E-state index contributed by atoms with van der Waals surface area (Å²) >= 11 is 0. The SMILES string of the molecule is C1=CC2C=CC=C3c4cc5c(-c6cccc7ccccc67)c6c(c(-c7cccc8ccccc78)c5cc4C(=C1)C32)-c1ccc2c3cc(c4ccc-6c1c24)=CC=C1C=C(CC3)c2ccccc21. The predicted molar refractivity (Wildman–Crippen MR) is 281 cm³/mol. The van der Waals surface area contributed by atoms with E-state index in [0.717, 1.165) is 12.8 Å². The molecule has 66 heavy (non-hydrogen) atoms. The van der Waals surface area contributed by atoms with Gasteiger partial charge in [0.2, 0.25) is 0 Å². The molecule has 0 radical (unpaired) electrons. The van der Waals surface area contributed by atoms with Crippen molar-refractivity contribution in [3.05, 3.63) is 233 Å². The van der Waals surface area contributed by atoms with Crippen molar-refractivity contribution in [2.24, 2.45) is 11.8 Å². The van der Waals surface area contributed by atoms with E-state index in [1.165, 1.54) is 154 Å². The van der Waals surface area contributed by atoms with Crippen molar-refractivity contribution in [3.63, 3.8) is 0 Å². The first-order valence-electron chi connectivity index (χ1n) is 23.7. The molecule has 0 aromatic heterocycles. The Kier molecular flexibility index (Phi) is 6.85. The molecule has 0 saturated heterocycles. The highest BCUT2D eigenvalue weighted by Crippen LogP contribution is 2.62. The van der Waals surface area contributed by atoms with Gasteiger partial charge in [-0.1, -0.05) is 194 Å². The van der Waals surface area contributed by atoms with Gasteiger partial charge in [-0.15, -0.1) is 0 Å². The maximum absolute atomic E-state index is 2.61. The monoisotopic (exact) mass is 832 g/mol. The van der Waals surface area contributed by atoms with Crippen LogP contribution in [0.15, 0.2) is 200 Å². The molecular weight excluding hydrogens is 793 g/mol. The van der Waals surface area contributed by atoms with Gasteiger partial charge in [0.15, 0.2) is 0 Å². The molecule has 0 aliphatic heterocycles. The number of benzene rings is 10. The van der Waals surface area contributed by atoms with Crippen molar-refractivity contribution >= 4 is 82.2 Å². The fraction of sp³-hybridized carbons (Fsp3) is 0.0606. The summed E-state index contributed by atoms with van der Waals surface area (Å²) in [5.74, 6) is 0.719. The molecule has 0 nitrogen and oxygen atoms in total. The third kappa shape index (κ3) is 4.54. The van der Waals surface area contributed by atoms with Crippen molar-refractivity contribution in [1.82, 2.24) is 0 Å². The average Bonchev–Trinajstić information content (AvgIpc) is 4.01. The molecule has 304 valence electrons. The highest BCUT2D eigenvalue weighted by atomic mass is 14.4. The number of aryl methyl sites for hydroxylation is 1. The minimum absolute atomic E-state index is 0.346. The van der Waals surface area contributed by atoms with Crippen molar-refractivity contribution in [1.29, 1.82) is 0 Å². The van der Waals surface area contributed by atoms with Crippen LogP contribution in [0.2, 0.25) is 0 Å². The van der Waals surface area contributed by atoms with Gasteiger partial charge in [0.05, 0.1) is 0 Å². The Hall–Kier alpha value is -8.06. The van der Waals surface area contributed by atoms with E-state index in [1.807, 2.05) is 0 Å². The Bertz CT molecular complexity index is 4030. The molecular formula is C66H40. The minimum Gasteiger partial charge on any atom is -0.0767 e. The summed E-state index contributed by atoms with van der Waals surface area (Å²) in [6.45, 7) is 0. The molecule has 0 spiro atoms. The van der Waals surface area contributed by atoms with Gasteiger partial charge in [-0.3, -0.25) is 0 Å². The lowest BCUT2D eigenvalue weighted by molar-refractivity contribution is 0.707. The van der Waals surface area contributed by atoms with Gasteiger partial charge in [0, 0.05) is 11.8 Å². The zero-order valence-corrected chi connectivity index (χ0v) is 36.2. The van der Waals surface area contributed by atoms with E-state index in [2.05, 4.69) is 206 Å². The van der Waals surface area contributed by atoms with Gasteiger partial charge in [0.1, 0.15) is 0 Å². The van der Waals surface area contributed by atoms with Crippen LogP contribution >= 0.6 is 0 Å². The molecule has 0 N–H and O–H groups in total. The Morgan fingerprint density at radius 1 is 0.364 bits per heavy atom. The van der Waals surface area contributed by atoms with E-state index in [4.69, 9.17) is 0 Å². The molecule has 10 aromatic rings. The lowest BCUT2D eigenvalue weighted by Crippen LogP contribution is -2.13. The van der Waals surface area contributed by atoms with Crippen molar-refractivity contribution in [3.8, 4) is 44.5 Å². The van der Waals surface area contributed by atoms with Crippen molar-refractivity contribution < 1.29 is 0 Å². The van der Waals surface area contributed by atoms with E-state index >= 15 is 0 Å². The number of hydrogen-bond acceptors (Lipinski definition) is 0. The maximum Gasteiger partial charge on any atom is 0.0199 e. The van der Waals surface area contributed by atoms with E-state index in [0.29, 0.717) is 11.8 Å². The minimum atomic E-state index is 0.346. The van der Waals surface area contributed by atoms with Gasteiger partial charge in [-0.25, -0.2) is 0 Å². The summed E-state index contributed by atoms with van der Waals surface area (Å²) in [7, 11) is 0. The van der Waals surface area contributed by atoms with E-state index in [-0.39, 0.29) is 0 Å². The number of rotatable bonds is 2. The Labute approximate surface area is 382 Å². The molecule has 10 aromatic carbocycles. The first-order chi connectivity index (χ1) is 32.7. The summed E-state index contributed by atoms with van der Waals surface area (Å²) < 4.78 is 0. The molecule has 0 heterocycles. The second-order valence-corrected chi connectivity index (χ2v) is 19.3. The summed E-state index contributed by atoms with van der Waals surface area (Å²) in [5.41, 5.74) is 23.2. The Morgan fingerprint density at radius 2 is 0.939 bits per heavy atom. The lowest BCUT2D eigenvalue weighted by Gasteiger charge is -2.25. The van der Waals surface area contributed by atoms with Crippen LogP contribution in [0, 0.1) is 11.8 Å². The second kappa shape index (κ2) is 12.8. The quantitative estimate of drug-likeness (QED) is 0.163. The largest absolute Gasteiger partial charge is 0.0767 e. The summed E-state index contributed by atoms with van der Waals surface area (Å²) in [6, 6.07) is 58.5. The van der Waals surface area contributed by atoms with Gasteiger partial charge in [-0.05, 0) is 179 Å². The van der Waals surface area contributed by atoms with Crippen LogP contribution in [-0.2, 0) is 6.42 Å². The van der Waals surface area contributed by atoms with Crippen molar-refractivity contribution in [2.45, 2.75) is 12.8 Å². The predicted octanol–water partition coefficient (Wildman–Crippen LogP) is 16.5. The molecule has 6 aliphatic carbocycles. The molecule has 0 amide bonds. The standard InChI is InChI=1S/C66H40/c1-3-17-44-37(11-1)13-7-21-50(44)62-58-35-56-52-23-9-15-39-16-10-24-53(60(39)52)57(56)36-59(58)63(51-22-8-14-38-12-2-4-18-45(38)51)66-55-32-30-49-43-28-26-41-33-40(46-19-5-6-20-47(41)46)25-27-42(34-43)48-29-31-54(65(62)66)64(55)61(48)49/h1-25,27,29-36,39,60H,26,28H2. The number of fused-ring (bicyclic) bond motifs is 17. The fourth-order valence-electron chi connectivity index (χ4n) is 13.4. The van der Waals surface area contributed by atoms with Crippen LogP contribution in [0.3, 0.4) is 0 Å². The molecule has 16 rings (SSSR count). The summed E-state index contributed by atoms with van der Waals surface area (Å²) in [5, 5.41) is 14.5. The molecule has 2 atom stereocenters. The van der Waals surface area contributed by atoms with Gasteiger partial charge >= 0.3 is 0 Å². The van der Waals surface area contributed by atoms with E-state index in [1.54, 1.807) is 0 Å². The summed E-state index contributed by atoms with van der Waals surface area (Å²) in [4.78, 5) is 0. The maximum atomic E-state index is 2.61. The molecule has 6 aliphatic rings. The van der Waals surface area contributed by atoms with Gasteiger partial charge in [-0.2, -0.15) is 0 Å². The molecule has 0 fully saturated rings. The Morgan fingerprint density at radius 3 is 1.61 bits per heavy atom. The third-order valence-electron chi connectivity index (χ3n) is 16.2. The normalized spacial score (nSPS) is 17.9. The van der Waals surface area contributed by atoms with Gasteiger partial charge in [0.25, 0.3) is 0 Å². The Balaban J connectivity index is 1.09. The molecule has 0 heteroatoms. The van der Waals surface area contributed by atoms with Crippen LogP contribution in [0.1, 0.15) is 34.2 Å². The zero-order valence-electron chi connectivity index (χ0n) is 36.2. The lowest BCUT2D eigenvalue weighted by atomic mass is 9.78. The zero-order chi connectivity index (χ0) is 42.8.